The molecule has 122 valence electrons. The summed E-state index contributed by atoms with van der Waals surface area (Å²) in [6.07, 6.45) is 2.88. The van der Waals surface area contributed by atoms with E-state index < -0.39 is 16.0 Å². The molecule has 0 bridgehead atoms. The number of benzene rings is 1. The van der Waals surface area contributed by atoms with Crippen molar-refractivity contribution in [3.63, 3.8) is 0 Å². The van der Waals surface area contributed by atoms with Gasteiger partial charge in [-0.25, -0.2) is 8.42 Å². The first-order chi connectivity index (χ1) is 10.5. The predicted octanol–water partition coefficient (Wildman–Crippen LogP) is 1.42. The maximum Gasteiger partial charge on any atom is 0.321 e. The number of hydrogen-bond donors (Lipinski definition) is 0. The molecule has 0 aliphatic carbocycles. The summed E-state index contributed by atoms with van der Waals surface area (Å²) in [5, 5.41) is 0. The summed E-state index contributed by atoms with van der Waals surface area (Å²) in [5.74, 6) is -0.573. The average Bonchev–Trinajstić information content (AvgIpc) is 2.54. The Kier molecular flexibility index (Phi) is 5.93. The monoisotopic (exact) mass is 327 g/mol. The van der Waals surface area contributed by atoms with Gasteiger partial charge in [-0.3, -0.25) is 4.79 Å². The molecule has 0 N–H and O–H groups in total. The van der Waals surface area contributed by atoms with Crippen molar-refractivity contribution in [2.45, 2.75) is 30.3 Å². The number of sulfonamides is 1. The molecule has 1 aliphatic rings. The number of carbonyl (C=O) groups excluding carboxylic acids is 1. The third-order valence-corrected chi connectivity index (χ3v) is 5.32. The fourth-order valence-electron chi connectivity index (χ4n) is 2.21. The zero-order valence-corrected chi connectivity index (χ0v) is 13.4. The Hall–Kier alpha value is -1.44. The van der Waals surface area contributed by atoms with Gasteiger partial charge in [-0.1, -0.05) is 18.2 Å². The molecule has 2 rings (SSSR count). The molecule has 1 aromatic carbocycles. The van der Waals surface area contributed by atoms with Crippen LogP contribution in [-0.4, -0.2) is 51.6 Å². The smallest absolute Gasteiger partial charge is 0.321 e. The van der Waals surface area contributed by atoms with Crippen LogP contribution in [0.4, 0.5) is 0 Å². The molecule has 0 amide bonds. The first-order valence-electron chi connectivity index (χ1n) is 7.29. The van der Waals surface area contributed by atoms with Crippen LogP contribution >= 0.6 is 0 Å². The van der Waals surface area contributed by atoms with Gasteiger partial charge in [0.05, 0.1) is 11.0 Å². The highest BCUT2D eigenvalue weighted by molar-refractivity contribution is 7.89. The Labute approximate surface area is 131 Å². The summed E-state index contributed by atoms with van der Waals surface area (Å²) in [6.45, 7) is 0.548. The van der Waals surface area contributed by atoms with E-state index >= 15 is 0 Å². The van der Waals surface area contributed by atoms with Gasteiger partial charge in [0, 0.05) is 13.7 Å². The standard InChI is InChI=1S/C15H21NO5S/c1-16(22(18,19)14-8-3-2-4-9-14)11-15(17)21-12-13-7-5-6-10-20-13/h2-4,8-9,13H,5-7,10-12H2,1H3. The summed E-state index contributed by atoms with van der Waals surface area (Å²) < 4.78 is 36.1. The number of rotatable bonds is 6. The molecule has 22 heavy (non-hydrogen) atoms. The molecule has 0 saturated carbocycles. The second-order valence-corrected chi connectivity index (χ2v) is 7.29. The van der Waals surface area contributed by atoms with Crippen molar-refractivity contribution in [2.24, 2.45) is 0 Å². The van der Waals surface area contributed by atoms with E-state index in [2.05, 4.69) is 0 Å². The Morgan fingerprint density at radius 1 is 1.32 bits per heavy atom. The largest absolute Gasteiger partial charge is 0.462 e. The van der Waals surface area contributed by atoms with E-state index in [0.29, 0.717) is 6.61 Å². The van der Waals surface area contributed by atoms with Crippen molar-refractivity contribution in [1.29, 1.82) is 0 Å². The SMILES string of the molecule is CN(CC(=O)OCC1CCCCO1)S(=O)(=O)c1ccccc1. The second-order valence-electron chi connectivity index (χ2n) is 5.25. The highest BCUT2D eigenvalue weighted by Gasteiger charge is 2.24. The lowest BCUT2D eigenvalue weighted by atomic mass is 10.1. The van der Waals surface area contributed by atoms with Crippen molar-refractivity contribution < 1.29 is 22.7 Å². The Balaban J connectivity index is 1.85. The third kappa shape index (κ3) is 4.53. The molecule has 1 aromatic rings. The lowest BCUT2D eigenvalue weighted by Crippen LogP contribution is -2.34. The molecule has 1 aliphatic heterocycles. The number of esters is 1. The molecule has 7 heteroatoms. The average molecular weight is 327 g/mol. The molecule has 1 atom stereocenters. The van der Waals surface area contributed by atoms with Crippen LogP contribution in [0.1, 0.15) is 19.3 Å². The van der Waals surface area contributed by atoms with Crippen LogP contribution in [0.5, 0.6) is 0 Å². The van der Waals surface area contributed by atoms with Gasteiger partial charge in [0.25, 0.3) is 0 Å². The zero-order chi connectivity index (χ0) is 16.0. The number of hydrogen-bond acceptors (Lipinski definition) is 5. The van der Waals surface area contributed by atoms with Gasteiger partial charge in [0.2, 0.25) is 10.0 Å². The minimum atomic E-state index is -3.68. The van der Waals surface area contributed by atoms with Crippen molar-refractivity contribution in [3.05, 3.63) is 30.3 Å². The molecular weight excluding hydrogens is 306 g/mol. The Morgan fingerprint density at radius 3 is 2.68 bits per heavy atom. The van der Waals surface area contributed by atoms with Crippen LogP contribution in [0.15, 0.2) is 35.2 Å². The quantitative estimate of drug-likeness (QED) is 0.739. The van der Waals surface area contributed by atoms with E-state index in [0.717, 1.165) is 23.6 Å². The van der Waals surface area contributed by atoms with Crippen molar-refractivity contribution in [3.8, 4) is 0 Å². The van der Waals surface area contributed by atoms with Gasteiger partial charge in [0.15, 0.2) is 0 Å². The Morgan fingerprint density at radius 2 is 2.05 bits per heavy atom. The number of likely N-dealkylation sites (N-methyl/N-ethyl adjacent to an activating group) is 1. The van der Waals surface area contributed by atoms with Crippen LogP contribution in [0.3, 0.4) is 0 Å². The van der Waals surface area contributed by atoms with Crippen LogP contribution in [0.25, 0.3) is 0 Å². The van der Waals surface area contributed by atoms with E-state index in [1.807, 2.05) is 0 Å². The van der Waals surface area contributed by atoms with Gasteiger partial charge in [-0.05, 0) is 31.4 Å². The second kappa shape index (κ2) is 7.71. The molecular formula is C15H21NO5S. The lowest BCUT2D eigenvalue weighted by molar-refractivity contribution is -0.149. The fourth-order valence-corrected chi connectivity index (χ4v) is 3.35. The minimum absolute atomic E-state index is 0.0752. The number of carbonyl (C=O) groups is 1. The van der Waals surface area contributed by atoms with E-state index in [1.54, 1.807) is 18.2 Å². The van der Waals surface area contributed by atoms with Gasteiger partial charge >= 0.3 is 5.97 Å². The van der Waals surface area contributed by atoms with Crippen LogP contribution in [0.2, 0.25) is 0 Å². The summed E-state index contributed by atoms with van der Waals surface area (Å²) in [7, 11) is -2.31. The maximum atomic E-state index is 12.3. The predicted molar refractivity (Wildman–Crippen MR) is 80.8 cm³/mol. The summed E-state index contributed by atoms with van der Waals surface area (Å²) in [4.78, 5) is 11.9. The summed E-state index contributed by atoms with van der Waals surface area (Å²) in [5.41, 5.74) is 0. The molecule has 0 aromatic heterocycles. The molecule has 0 radical (unpaired) electrons. The molecule has 6 nitrogen and oxygen atoms in total. The van der Waals surface area contributed by atoms with Gasteiger partial charge < -0.3 is 9.47 Å². The van der Waals surface area contributed by atoms with Crippen molar-refractivity contribution in [2.75, 3.05) is 26.8 Å². The van der Waals surface area contributed by atoms with E-state index in [4.69, 9.17) is 9.47 Å². The van der Waals surface area contributed by atoms with Crippen LogP contribution in [0, 0.1) is 0 Å². The first kappa shape index (κ1) is 16.9. The zero-order valence-electron chi connectivity index (χ0n) is 12.6. The lowest BCUT2D eigenvalue weighted by Gasteiger charge is -2.22. The topological polar surface area (TPSA) is 72.9 Å². The molecule has 0 spiro atoms. The summed E-state index contributed by atoms with van der Waals surface area (Å²) in [6, 6.07) is 8.00. The third-order valence-electron chi connectivity index (χ3n) is 3.51. The van der Waals surface area contributed by atoms with E-state index in [-0.39, 0.29) is 24.2 Å². The normalized spacial score (nSPS) is 19.1. The van der Waals surface area contributed by atoms with Gasteiger partial charge in [-0.15, -0.1) is 0 Å². The Bertz CT molecular complexity index is 581. The van der Waals surface area contributed by atoms with Crippen molar-refractivity contribution >= 4 is 16.0 Å². The van der Waals surface area contributed by atoms with Crippen LogP contribution < -0.4 is 0 Å². The number of nitrogens with zero attached hydrogens (tertiary/aromatic N) is 1. The minimum Gasteiger partial charge on any atom is -0.462 e. The first-order valence-corrected chi connectivity index (χ1v) is 8.73. The number of ether oxygens (including phenoxy) is 2. The molecule has 1 saturated heterocycles. The van der Waals surface area contributed by atoms with Gasteiger partial charge in [-0.2, -0.15) is 4.31 Å². The maximum absolute atomic E-state index is 12.3. The molecule has 1 fully saturated rings. The fraction of sp³-hybridized carbons (Fsp3) is 0.533. The van der Waals surface area contributed by atoms with Crippen molar-refractivity contribution in [1.82, 2.24) is 4.31 Å². The molecule has 1 heterocycles. The highest BCUT2D eigenvalue weighted by atomic mass is 32.2. The molecule has 1 unspecified atom stereocenters. The van der Waals surface area contributed by atoms with Crippen LogP contribution in [-0.2, 0) is 24.3 Å². The summed E-state index contributed by atoms with van der Waals surface area (Å²) >= 11 is 0. The van der Waals surface area contributed by atoms with E-state index in [1.165, 1.54) is 19.2 Å². The van der Waals surface area contributed by atoms with E-state index in [9.17, 15) is 13.2 Å². The van der Waals surface area contributed by atoms with Gasteiger partial charge in [0.1, 0.15) is 13.2 Å². The highest BCUT2D eigenvalue weighted by Crippen LogP contribution is 2.14.